The SMILES string of the molecule is CC1(C)c2ccccc2-c2ccc3c(oc4ccc(-c5nc(-c6ccccn6)nc(-c6ccccn6)n5)cc43)c21. The Kier molecular flexibility index (Phi) is 4.76. The molecular formula is C34H23N5O. The summed E-state index contributed by atoms with van der Waals surface area (Å²) < 4.78 is 6.57. The Bertz CT molecular complexity index is 2020. The molecule has 0 spiro atoms. The quantitative estimate of drug-likeness (QED) is 0.237. The predicted octanol–water partition coefficient (Wildman–Crippen LogP) is 7.87. The normalized spacial score (nSPS) is 13.4. The summed E-state index contributed by atoms with van der Waals surface area (Å²) in [5.74, 6) is 1.56. The van der Waals surface area contributed by atoms with E-state index in [1.54, 1.807) is 12.4 Å². The van der Waals surface area contributed by atoms with Crippen LogP contribution < -0.4 is 0 Å². The molecule has 40 heavy (non-hydrogen) atoms. The fourth-order valence-corrected chi connectivity index (χ4v) is 5.95. The summed E-state index contributed by atoms with van der Waals surface area (Å²) in [5, 5.41) is 2.11. The van der Waals surface area contributed by atoms with Crippen LogP contribution in [0, 0.1) is 0 Å². The van der Waals surface area contributed by atoms with Gasteiger partial charge >= 0.3 is 0 Å². The molecule has 0 radical (unpaired) electrons. The Morgan fingerprint density at radius 3 is 1.98 bits per heavy atom. The second kappa shape index (κ2) is 8.38. The van der Waals surface area contributed by atoms with Crippen LogP contribution in [0.4, 0.5) is 0 Å². The molecule has 4 aromatic heterocycles. The highest BCUT2D eigenvalue weighted by molar-refractivity contribution is 6.10. The molecule has 4 heterocycles. The lowest BCUT2D eigenvalue weighted by Gasteiger charge is -2.21. The fraction of sp³-hybridized carbons (Fsp3) is 0.0882. The number of benzene rings is 3. The fourth-order valence-electron chi connectivity index (χ4n) is 5.95. The minimum absolute atomic E-state index is 0.161. The number of fused-ring (bicyclic) bond motifs is 7. The van der Waals surface area contributed by atoms with Gasteiger partial charge in [-0.3, -0.25) is 9.97 Å². The lowest BCUT2D eigenvalue weighted by Crippen LogP contribution is -2.15. The van der Waals surface area contributed by atoms with Gasteiger partial charge in [0.25, 0.3) is 0 Å². The maximum atomic E-state index is 6.57. The van der Waals surface area contributed by atoms with Crippen molar-refractivity contribution in [2.75, 3.05) is 0 Å². The maximum Gasteiger partial charge on any atom is 0.182 e. The van der Waals surface area contributed by atoms with Crippen LogP contribution in [-0.4, -0.2) is 24.9 Å². The summed E-state index contributed by atoms with van der Waals surface area (Å²) in [5.41, 5.74) is 8.91. The molecule has 0 bridgehead atoms. The molecule has 0 amide bonds. The van der Waals surface area contributed by atoms with Crippen molar-refractivity contribution in [2.24, 2.45) is 0 Å². The van der Waals surface area contributed by atoms with Crippen molar-refractivity contribution in [3.8, 4) is 45.6 Å². The van der Waals surface area contributed by atoms with E-state index in [0.29, 0.717) is 28.9 Å². The molecule has 6 heteroatoms. The molecule has 8 rings (SSSR count). The van der Waals surface area contributed by atoms with E-state index in [1.165, 1.54) is 22.3 Å². The Morgan fingerprint density at radius 2 is 1.27 bits per heavy atom. The topological polar surface area (TPSA) is 77.6 Å². The summed E-state index contributed by atoms with van der Waals surface area (Å²) in [7, 11) is 0. The molecule has 0 atom stereocenters. The summed E-state index contributed by atoms with van der Waals surface area (Å²) in [4.78, 5) is 23.3. The van der Waals surface area contributed by atoms with E-state index in [2.05, 4.69) is 66.3 Å². The first-order valence-corrected chi connectivity index (χ1v) is 13.3. The monoisotopic (exact) mass is 517 g/mol. The van der Waals surface area contributed by atoms with Gasteiger partial charge in [-0.1, -0.05) is 56.3 Å². The van der Waals surface area contributed by atoms with Crippen molar-refractivity contribution in [1.29, 1.82) is 0 Å². The molecule has 1 aliphatic rings. The molecule has 0 saturated heterocycles. The van der Waals surface area contributed by atoms with Gasteiger partial charge in [-0.15, -0.1) is 0 Å². The van der Waals surface area contributed by atoms with Crippen LogP contribution in [0.2, 0.25) is 0 Å². The van der Waals surface area contributed by atoms with Crippen LogP contribution in [0.15, 0.2) is 108 Å². The van der Waals surface area contributed by atoms with E-state index < -0.39 is 0 Å². The Morgan fingerprint density at radius 1 is 0.600 bits per heavy atom. The molecule has 0 fully saturated rings. The minimum Gasteiger partial charge on any atom is -0.456 e. The molecule has 0 N–H and O–H groups in total. The number of pyridine rings is 2. The lowest BCUT2D eigenvalue weighted by molar-refractivity contribution is 0.620. The Balaban J connectivity index is 1.33. The van der Waals surface area contributed by atoms with Crippen LogP contribution >= 0.6 is 0 Å². The van der Waals surface area contributed by atoms with Crippen molar-refractivity contribution < 1.29 is 4.42 Å². The lowest BCUT2D eigenvalue weighted by atomic mass is 9.82. The molecular weight excluding hydrogens is 494 g/mol. The highest BCUT2D eigenvalue weighted by Gasteiger charge is 2.38. The summed E-state index contributed by atoms with van der Waals surface area (Å²) in [6.45, 7) is 4.55. The van der Waals surface area contributed by atoms with Gasteiger partial charge in [0.2, 0.25) is 0 Å². The number of aromatic nitrogens is 5. The second-order valence-electron chi connectivity index (χ2n) is 10.6. The first kappa shape index (κ1) is 22.7. The van der Waals surface area contributed by atoms with E-state index >= 15 is 0 Å². The standard InChI is InChI=1S/C34H23N5O/c1-34(2)25-10-4-3-9-21(25)22-14-15-23-24-19-20(13-16-28(24)40-30(23)29(22)34)31-37-32(26-11-5-7-17-35-26)39-33(38-31)27-12-6-8-18-36-27/h3-19H,1-2H3. The van der Waals surface area contributed by atoms with Gasteiger partial charge in [0.15, 0.2) is 17.5 Å². The van der Waals surface area contributed by atoms with Gasteiger partial charge in [-0.05, 0) is 65.2 Å². The third-order valence-corrected chi connectivity index (χ3v) is 7.84. The van der Waals surface area contributed by atoms with Gasteiger partial charge in [0.05, 0.1) is 0 Å². The first-order chi connectivity index (χ1) is 19.6. The number of hydrogen-bond donors (Lipinski definition) is 0. The van der Waals surface area contributed by atoms with Crippen LogP contribution in [0.5, 0.6) is 0 Å². The summed E-state index contributed by atoms with van der Waals surface area (Å²) >= 11 is 0. The molecule has 3 aromatic carbocycles. The van der Waals surface area contributed by atoms with E-state index in [0.717, 1.165) is 27.5 Å². The van der Waals surface area contributed by atoms with Gasteiger partial charge in [-0.25, -0.2) is 15.0 Å². The third kappa shape index (κ3) is 3.32. The van der Waals surface area contributed by atoms with Crippen molar-refractivity contribution in [3.05, 3.63) is 115 Å². The van der Waals surface area contributed by atoms with E-state index in [-0.39, 0.29) is 5.41 Å². The highest BCUT2D eigenvalue weighted by atomic mass is 16.3. The van der Waals surface area contributed by atoms with E-state index in [4.69, 9.17) is 19.4 Å². The van der Waals surface area contributed by atoms with Gasteiger partial charge in [0, 0.05) is 39.7 Å². The number of furan rings is 1. The maximum absolute atomic E-state index is 6.57. The average Bonchev–Trinajstić information content (AvgIpc) is 3.49. The van der Waals surface area contributed by atoms with Crippen molar-refractivity contribution >= 4 is 21.9 Å². The first-order valence-electron chi connectivity index (χ1n) is 13.3. The predicted molar refractivity (Wildman–Crippen MR) is 157 cm³/mol. The highest BCUT2D eigenvalue weighted by Crippen LogP contribution is 2.52. The van der Waals surface area contributed by atoms with Crippen molar-refractivity contribution in [2.45, 2.75) is 19.3 Å². The molecule has 190 valence electrons. The molecule has 7 aromatic rings. The Labute approximate surface area is 230 Å². The zero-order valence-electron chi connectivity index (χ0n) is 22.0. The third-order valence-electron chi connectivity index (χ3n) is 7.84. The van der Waals surface area contributed by atoms with Gasteiger partial charge < -0.3 is 4.42 Å². The van der Waals surface area contributed by atoms with E-state index in [1.807, 2.05) is 48.5 Å². The van der Waals surface area contributed by atoms with Gasteiger partial charge in [-0.2, -0.15) is 0 Å². The zero-order valence-corrected chi connectivity index (χ0v) is 22.0. The molecule has 0 aliphatic heterocycles. The Hall–Kier alpha value is -5.23. The molecule has 1 aliphatic carbocycles. The zero-order chi connectivity index (χ0) is 26.8. The minimum atomic E-state index is -0.161. The van der Waals surface area contributed by atoms with Crippen LogP contribution in [0.25, 0.3) is 67.5 Å². The van der Waals surface area contributed by atoms with Crippen LogP contribution in [-0.2, 0) is 5.41 Å². The number of rotatable bonds is 3. The summed E-state index contributed by atoms with van der Waals surface area (Å²) in [6, 6.07) is 30.6. The van der Waals surface area contributed by atoms with Crippen molar-refractivity contribution in [1.82, 2.24) is 24.9 Å². The number of hydrogen-bond acceptors (Lipinski definition) is 6. The average molecular weight is 518 g/mol. The van der Waals surface area contributed by atoms with Crippen LogP contribution in [0.1, 0.15) is 25.0 Å². The van der Waals surface area contributed by atoms with Crippen molar-refractivity contribution in [3.63, 3.8) is 0 Å². The molecule has 0 unspecified atom stereocenters. The molecule has 0 saturated carbocycles. The second-order valence-corrected chi connectivity index (χ2v) is 10.6. The summed E-state index contributed by atoms with van der Waals surface area (Å²) in [6.07, 6.45) is 3.47. The van der Waals surface area contributed by atoms with Gasteiger partial charge in [0.1, 0.15) is 22.6 Å². The molecule has 6 nitrogen and oxygen atoms in total. The number of nitrogens with zero attached hydrogens (tertiary/aromatic N) is 5. The van der Waals surface area contributed by atoms with Crippen LogP contribution in [0.3, 0.4) is 0 Å². The largest absolute Gasteiger partial charge is 0.456 e. The smallest absolute Gasteiger partial charge is 0.182 e. The van der Waals surface area contributed by atoms with E-state index in [9.17, 15) is 0 Å².